The number of nitrogens with zero attached hydrogens (tertiary/aromatic N) is 6. The third kappa shape index (κ3) is 3.29. The number of hydrogen-bond acceptors (Lipinski definition) is 9. The molecule has 0 spiro atoms. The van der Waals surface area contributed by atoms with E-state index in [1.165, 1.54) is 0 Å². The van der Waals surface area contributed by atoms with Crippen LogP contribution in [-0.2, 0) is 22.1 Å². The molecular weight excluding hydrogens is 403 g/mol. The molecule has 0 aromatic carbocycles. The molecule has 5 heterocycles. The van der Waals surface area contributed by atoms with E-state index in [1.54, 1.807) is 0 Å². The molecule has 0 bridgehead atoms. The van der Waals surface area contributed by atoms with Crippen molar-refractivity contribution in [2.24, 2.45) is 0 Å². The van der Waals surface area contributed by atoms with E-state index in [-0.39, 0.29) is 17.4 Å². The fraction of sp³-hybridized carbons (Fsp3) is 0.556. The van der Waals surface area contributed by atoms with Crippen LogP contribution >= 0.6 is 0 Å². The molecule has 3 aliphatic heterocycles. The molecule has 1 atom stereocenters. The Morgan fingerprint density at radius 1 is 1.00 bits per heavy atom. The van der Waals surface area contributed by atoms with Crippen LogP contribution in [0.4, 0.5) is 30.8 Å². The van der Waals surface area contributed by atoms with Crippen LogP contribution in [0.1, 0.15) is 11.3 Å². The zero-order chi connectivity index (χ0) is 20.9. The molecule has 3 aliphatic rings. The number of halogens is 3. The zero-order valence-corrected chi connectivity index (χ0v) is 16.0. The first-order valence-electron chi connectivity index (χ1n) is 9.70. The first-order valence-corrected chi connectivity index (χ1v) is 9.70. The lowest BCUT2D eigenvalue weighted by Gasteiger charge is -2.31. The van der Waals surface area contributed by atoms with Crippen molar-refractivity contribution >= 4 is 17.6 Å². The Labute approximate surface area is 170 Å². The number of fused-ring (bicyclic) bond motifs is 3. The normalized spacial score (nSPS) is 21.5. The summed E-state index contributed by atoms with van der Waals surface area (Å²) in [5.41, 5.74) is 4.93. The molecule has 0 aliphatic carbocycles. The summed E-state index contributed by atoms with van der Waals surface area (Å²) >= 11 is 0. The highest BCUT2D eigenvalue weighted by Gasteiger charge is 2.40. The number of nitrogen functional groups attached to an aromatic ring is 1. The number of hydrogen-bond donors (Lipinski definition) is 1. The van der Waals surface area contributed by atoms with Gasteiger partial charge in [-0.05, 0) is 0 Å². The summed E-state index contributed by atoms with van der Waals surface area (Å²) in [6, 6.07) is 0.0999. The Hall–Kier alpha value is -2.73. The maximum absolute atomic E-state index is 13.7. The van der Waals surface area contributed by atoms with Gasteiger partial charge in [-0.2, -0.15) is 13.2 Å². The molecule has 0 amide bonds. The molecule has 160 valence electrons. The SMILES string of the molecule is Nc1ncc(-c2nc(N3CCOCC3)c3c(n2)N2CCOC[C@H]2C3)c(C(F)(F)F)n1. The molecule has 9 nitrogen and oxygen atoms in total. The lowest BCUT2D eigenvalue weighted by atomic mass is 10.1. The summed E-state index contributed by atoms with van der Waals surface area (Å²) in [5, 5.41) is 0. The molecule has 5 rings (SSSR count). The number of aromatic nitrogens is 4. The van der Waals surface area contributed by atoms with Crippen molar-refractivity contribution in [3.8, 4) is 11.4 Å². The van der Waals surface area contributed by atoms with Crippen LogP contribution in [0.15, 0.2) is 6.20 Å². The molecule has 2 aromatic heterocycles. The van der Waals surface area contributed by atoms with Gasteiger partial charge in [0.05, 0.1) is 38.0 Å². The second-order valence-corrected chi connectivity index (χ2v) is 7.39. The molecule has 2 saturated heterocycles. The Kier molecular flexibility index (Phi) is 4.62. The van der Waals surface area contributed by atoms with Gasteiger partial charge < -0.3 is 25.0 Å². The monoisotopic (exact) mass is 423 g/mol. The van der Waals surface area contributed by atoms with Crippen LogP contribution in [0, 0.1) is 0 Å². The fourth-order valence-electron chi connectivity index (χ4n) is 4.15. The topological polar surface area (TPSA) is 103 Å². The van der Waals surface area contributed by atoms with Crippen molar-refractivity contribution in [2.75, 3.05) is 61.6 Å². The lowest BCUT2D eigenvalue weighted by Crippen LogP contribution is -2.43. The highest BCUT2D eigenvalue weighted by atomic mass is 19.4. The summed E-state index contributed by atoms with van der Waals surface area (Å²) in [7, 11) is 0. The van der Waals surface area contributed by atoms with Gasteiger partial charge in [0.2, 0.25) is 5.95 Å². The maximum atomic E-state index is 13.7. The lowest BCUT2D eigenvalue weighted by molar-refractivity contribution is -0.140. The number of rotatable bonds is 2. The van der Waals surface area contributed by atoms with Crippen molar-refractivity contribution in [3.05, 3.63) is 17.5 Å². The van der Waals surface area contributed by atoms with Gasteiger partial charge >= 0.3 is 6.18 Å². The molecule has 2 fully saturated rings. The van der Waals surface area contributed by atoms with Crippen molar-refractivity contribution in [1.29, 1.82) is 0 Å². The van der Waals surface area contributed by atoms with Crippen LogP contribution < -0.4 is 15.5 Å². The minimum absolute atomic E-state index is 0.0605. The van der Waals surface area contributed by atoms with Crippen molar-refractivity contribution in [1.82, 2.24) is 19.9 Å². The van der Waals surface area contributed by atoms with Crippen LogP contribution in [0.25, 0.3) is 11.4 Å². The largest absolute Gasteiger partial charge is 0.434 e. The number of anilines is 3. The van der Waals surface area contributed by atoms with E-state index < -0.39 is 17.8 Å². The van der Waals surface area contributed by atoms with E-state index in [2.05, 4.69) is 24.8 Å². The summed E-state index contributed by atoms with van der Waals surface area (Å²) in [6.07, 6.45) is -2.98. The van der Waals surface area contributed by atoms with Gasteiger partial charge in [-0.25, -0.2) is 19.9 Å². The molecule has 2 N–H and O–H groups in total. The molecule has 2 aromatic rings. The molecule has 0 unspecified atom stereocenters. The predicted octanol–water partition coefficient (Wildman–Crippen LogP) is 1.13. The summed E-state index contributed by atoms with van der Waals surface area (Å²) in [5.74, 6) is 0.779. The van der Waals surface area contributed by atoms with Crippen molar-refractivity contribution in [3.63, 3.8) is 0 Å². The molecule has 12 heteroatoms. The molecule has 0 saturated carbocycles. The second kappa shape index (κ2) is 7.20. The van der Waals surface area contributed by atoms with Crippen LogP contribution in [0.2, 0.25) is 0 Å². The zero-order valence-electron chi connectivity index (χ0n) is 16.0. The van der Waals surface area contributed by atoms with Crippen molar-refractivity contribution < 1.29 is 22.6 Å². The number of ether oxygens (including phenoxy) is 2. The third-order valence-electron chi connectivity index (χ3n) is 5.53. The van der Waals surface area contributed by atoms with E-state index in [4.69, 9.17) is 15.2 Å². The summed E-state index contributed by atoms with van der Waals surface area (Å²) in [6.45, 7) is 3.99. The van der Waals surface area contributed by atoms with Crippen molar-refractivity contribution in [2.45, 2.75) is 18.6 Å². The molecule has 30 heavy (non-hydrogen) atoms. The standard InChI is InChI=1S/C18H20F3N7O2/c19-18(20,21)13-12(8-23-17(22)24-13)14-25-15(27-1-4-29-5-2-27)11-7-10-9-30-6-3-28(10)16(11)26-14/h8,10H,1-7,9H2,(H2,22,23,24)/t10-/m1/s1. The van der Waals surface area contributed by atoms with Gasteiger partial charge in [-0.15, -0.1) is 0 Å². The minimum Gasteiger partial charge on any atom is -0.378 e. The van der Waals surface area contributed by atoms with Gasteiger partial charge in [0.1, 0.15) is 11.6 Å². The van der Waals surface area contributed by atoms with E-state index in [9.17, 15) is 13.2 Å². The fourth-order valence-corrected chi connectivity index (χ4v) is 4.15. The maximum Gasteiger partial charge on any atom is 0.434 e. The quantitative estimate of drug-likeness (QED) is 0.762. The van der Waals surface area contributed by atoms with Crippen LogP contribution in [-0.4, -0.2) is 72.0 Å². The Morgan fingerprint density at radius 2 is 1.73 bits per heavy atom. The highest BCUT2D eigenvalue weighted by molar-refractivity contribution is 5.71. The van der Waals surface area contributed by atoms with E-state index in [0.717, 1.165) is 11.8 Å². The van der Waals surface area contributed by atoms with Gasteiger partial charge in [0.15, 0.2) is 11.5 Å². The molecular formula is C18H20F3N7O2. The summed E-state index contributed by atoms with van der Waals surface area (Å²) < 4.78 is 52.0. The highest BCUT2D eigenvalue weighted by Crippen LogP contribution is 2.41. The van der Waals surface area contributed by atoms with Gasteiger partial charge in [-0.3, -0.25) is 0 Å². The minimum atomic E-state index is -4.71. The third-order valence-corrected chi connectivity index (χ3v) is 5.53. The smallest absolute Gasteiger partial charge is 0.378 e. The van der Waals surface area contributed by atoms with Crippen LogP contribution in [0.3, 0.4) is 0 Å². The number of alkyl halides is 3. The van der Waals surface area contributed by atoms with E-state index in [1.807, 2.05) is 4.90 Å². The number of nitrogens with two attached hydrogens (primary N) is 1. The average Bonchev–Trinajstić information content (AvgIpc) is 3.12. The molecule has 0 radical (unpaired) electrons. The Balaban J connectivity index is 1.68. The Morgan fingerprint density at radius 3 is 2.50 bits per heavy atom. The first kappa shape index (κ1) is 19.2. The Bertz CT molecular complexity index is 966. The first-order chi connectivity index (χ1) is 14.4. The van der Waals surface area contributed by atoms with Crippen LogP contribution in [0.5, 0.6) is 0 Å². The predicted molar refractivity (Wildman–Crippen MR) is 101 cm³/mol. The van der Waals surface area contributed by atoms with Gasteiger partial charge in [0, 0.05) is 37.8 Å². The van der Waals surface area contributed by atoms with E-state index in [0.29, 0.717) is 64.1 Å². The van der Waals surface area contributed by atoms with E-state index >= 15 is 0 Å². The summed E-state index contributed by atoms with van der Waals surface area (Å²) in [4.78, 5) is 20.5. The average molecular weight is 423 g/mol. The second-order valence-electron chi connectivity index (χ2n) is 7.39. The van der Waals surface area contributed by atoms with Gasteiger partial charge in [0.25, 0.3) is 0 Å². The number of morpholine rings is 2. The van der Waals surface area contributed by atoms with Gasteiger partial charge in [-0.1, -0.05) is 0 Å².